The molecule has 0 aliphatic rings. The highest BCUT2D eigenvalue weighted by molar-refractivity contribution is 6.31. The molecule has 2 heterocycles. The Bertz CT molecular complexity index is 1130. The van der Waals surface area contributed by atoms with Crippen LogP contribution in [0.4, 0.5) is 14.6 Å². The van der Waals surface area contributed by atoms with Crippen molar-refractivity contribution in [3.63, 3.8) is 0 Å². The molecule has 0 unspecified atom stereocenters. The summed E-state index contributed by atoms with van der Waals surface area (Å²) in [6, 6.07) is 12.1. The second-order valence-electron chi connectivity index (χ2n) is 7.17. The normalized spacial score (nSPS) is 11.3. The van der Waals surface area contributed by atoms with Crippen molar-refractivity contribution in [1.82, 2.24) is 10.3 Å². The first-order valence-electron chi connectivity index (χ1n) is 9.91. The van der Waals surface area contributed by atoms with E-state index in [0.29, 0.717) is 9.75 Å². The van der Waals surface area contributed by atoms with E-state index < -0.39 is 24.1 Å². The number of benzene rings is 1. The Labute approximate surface area is 199 Å². The number of anilines is 1. The molecule has 2 aromatic heterocycles. The molecule has 0 spiro atoms. The number of alkyl halides is 2. The van der Waals surface area contributed by atoms with Gasteiger partial charge in [-0.2, -0.15) is 8.78 Å². The van der Waals surface area contributed by atoms with Gasteiger partial charge in [-0.3, -0.25) is 15.1 Å². The summed E-state index contributed by atoms with van der Waals surface area (Å²) < 4.78 is 29.4. The first-order valence-corrected chi connectivity index (χ1v) is 10.7. The van der Waals surface area contributed by atoms with Gasteiger partial charge in [0.15, 0.2) is 12.2 Å². The fraction of sp³-hybridized carbons (Fsp3) is 0.227. The molecule has 3 rings (SSSR count). The van der Waals surface area contributed by atoms with E-state index in [2.05, 4.69) is 15.6 Å². The highest BCUT2D eigenvalue weighted by Gasteiger charge is 2.36. The van der Waals surface area contributed by atoms with Crippen molar-refractivity contribution in [2.45, 2.75) is 25.4 Å². The molecule has 33 heavy (non-hydrogen) atoms. The van der Waals surface area contributed by atoms with Gasteiger partial charge in [0.05, 0.1) is 11.4 Å². The van der Waals surface area contributed by atoms with Crippen LogP contribution in [0.25, 0.3) is 0 Å². The van der Waals surface area contributed by atoms with Crippen LogP contribution >= 0.6 is 23.2 Å². The number of aromatic nitrogens is 2. The lowest BCUT2D eigenvalue weighted by Crippen LogP contribution is -2.42. The zero-order valence-electron chi connectivity index (χ0n) is 17.4. The Morgan fingerprint density at radius 3 is 2.64 bits per heavy atom. The average Bonchev–Trinajstić information content (AvgIpc) is 2.80. The molecule has 0 saturated heterocycles. The Morgan fingerprint density at radius 2 is 1.94 bits per heavy atom. The molecular formula is C22H22Cl2F2N5O2+. The van der Waals surface area contributed by atoms with Crippen LogP contribution in [0, 0.1) is 0 Å². The van der Waals surface area contributed by atoms with Crippen molar-refractivity contribution in [1.29, 1.82) is 0 Å². The smallest absolute Gasteiger partial charge is 0.325 e. The lowest BCUT2D eigenvalue weighted by atomic mass is 10.1. The topological polar surface area (TPSA) is 104 Å². The summed E-state index contributed by atoms with van der Waals surface area (Å²) in [5.41, 5.74) is 6.92. The molecule has 1 amide bonds. The van der Waals surface area contributed by atoms with E-state index in [9.17, 15) is 18.8 Å². The van der Waals surface area contributed by atoms with Crippen LogP contribution < -0.4 is 21.1 Å². The van der Waals surface area contributed by atoms with E-state index >= 15 is 0 Å². The summed E-state index contributed by atoms with van der Waals surface area (Å²) in [6.07, 6.45) is 0.981. The van der Waals surface area contributed by atoms with Crippen LogP contribution in [0.3, 0.4) is 0 Å². The summed E-state index contributed by atoms with van der Waals surface area (Å²) >= 11 is 12.1. The molecule has 174 valence electrons. The van der Waals surface area contributed by atoms with Crippen molar-refractivity contribution in [2.24, 2.45) is 5.73 Å². The molecule has 5 N–H and O–H groups in total. The van der Waals surface area contributed by atoms with E-state index in [1.807, 2.05) is 0 Å². The maximum Gasteiger partial charge on any atom is 0.325 e. The standard InChI is InChI=1S/C22H21Cl2F2N5O2/c23-16-5-4-14(11-27)15(9-16)12-29-21(32)10-18-17(24)6-7-20(31(18)33)30-13-22(25,26)19-3-1-2-8-28-19/h1-9,33H,10-13,27H2,(H,29,32)/p+1. The summed E-state index contributed by atoms with van der Waals surface area (Å²) in [7, 11) is 0. The summed E-state index contributed by atoms with van der Waals surface area (Å²) in [5.74, 6) is -3.79. The molecule has 0 atom stereocenters. The summed E-state index contributed by atoms with van der Waals surface area (Å²) in [4.78, 5) is 16.2. The molecule has 7 nitrogen and oxygen atoms in total. The third-order valence-electron chi connectivity index (χ3n) is 4.87. The molecule has 0 radical (unpaired) electrons. The predicted octanol–water partition coefficient (Wildman–Crippen LogP) is 3.43. The van der Waals surface area contributed by atoms with E-state index in [-0.39, 0.29) is 36.0 Å². The van der Waals surface area contributed by atoms with Crippen molar-refractivity contribution in [3.05, 3.63) is 87.3 Å². The van der Waals surface area contributed by atoms with Crippen LogP contribution in [-0.2, 0) is 30.2 Å². The second kappa shape index (κ2) is 10.7. The van der Waals surface area contributed by atoms with Gasteiger partial charge in [-0.1, -0.05) is 35.3 Å². The number of nitrogens with two attached hydrogens (primary N) is 1. The number of pyridine rings is 2. The van der Waals surface area contributed by atoms with Gasteiger partial charge >= 0.3 is 11.7 Å². The van der Waals surface area contributed by atoms with Crippen LogP contribution in [0.1, 0.15) is 22.5 Å². The number of nitrogens with one attached hydrogen (secondary N) is 2. The Morgan fingerprint density at radius 1 is 1.15 bits per heavy atom. The zero-order valence-corrected chi connectivity index (χ0v) is 18.9. The molecule has 0 saturated carbocycles. The van der Waals surface area contributed by atoms with Crippen molar-refractivity contribution in [3.8, 4) is 0 Å². The SMILES string of the molecule is NCc1ccc(Cl)cc1CNC(=O)Cc1c(Cl)ccc(NCC(F)(F)c2ccccn2)[n+]1O. The van der Waals surface area contributed by atoms with Gasteiger partial charge < -0.3 is 16.3 Å². The first-order chi connectivity index (χ1) is 15.7. The molecular weight excluding hydrogens is 475 g/mol. The number of hydrogen-bond acceptors (Lipinski definition) is 5. The van der Waals surface area contributed by atoms with Crippen LogP contribution in [-0.4, -0.2) is 22.6 Å². The Kier molecular flexibility index (Phi) is 8.01. The van der Waals surface area contributed by atoms with Gasteiger partial charge in [-0.05, 0) is 46.2 Å². The largest absolute Gasteiger partial charge is 0.352 e. The number of carbonyl (C=O) groups is 1. The molecule has 0 aliphatic heterocycles. The van der Waals surface area contributed by atoms with Crippen LogP contribution in [0.2, 0.25) is 10.0 Å². The minimum absolute atomic E-state index is 0.0328. The van der Waals surface area contributed by atoms with Gasteiger partial charge in [-0.25, -0.2) is 0 Å². The Hall–Kier alpha value is -3.01. The first kappa shape index (κ1) is 24.6. The Balaban J connectivity index is 1.68. The number of amides is 1. The molecule has 0 bridgehead atoms. The van der Waals surface area contributed by atoms with E-state index in [1.54, 1.807) is 18.2 Å². The maximum atomic E-state index is 14.4. The van der Waals surface area contributed by atoms with E-state index in [0.717, 1.165) is 11.1 Å². The maximum absolute atomic E-state index is 14.4. The summed E-state index contributed by atoms with van der Waals surface area (Å²) in [5, 5.41) is 16.3. The van der Waals surface area contributed by atoms with Gasteiger partial charge in [-0.15, -0.1) is 0 Å². The van der Waals surface area contributed by atoms with Crippen LogP contribution in [0.5, 0.6) is 0 Å². The lowest BCUT2D eigenvalue weighted by molar-refractivity contribution is -0.898. The predicted molar refractivity (Wildman–Crippen MR) is 120 cm³/mol. The number of rotatable bonds is 9. The fourth-order valence-corrected chi connectivity index (χ4v) is 3.50. The van der Waals surface area contributed by atoms with Crippen molar-refractivity contribution in [2.75, 3.05) is 11.9 Å². The van der Waals surface area contributed by atoms with Crippen molar-refractivity contribution >= 4 is 34.9 Å². The minimum atomic E-state index is -3.29. The van der Waals surface area contributed by atoms with Gasteiger partial charge in [0, 0.05) is 30.4 Å². The lowest BCUT2D eigenvalue weighted by Gasteiger charge is -2.14. The monoisotopic (exact) mass is 496 g/mol. The molecule has 0 aliphatic carbocycles. The number of nitrogens with zero attached hydrogens (tertiary/aromatic N) is 2. The van der Waals surface area contributed by atoms with Gasteiger partial charge in [0.1, 0.15) is 5.69 Å². The summed E-state index contributed by atoms with van der Waals surface area (Å²) in [6.45, 7) is -0.376. The minimum Gasteiger partial charge on any atom is -0.352 e. The second-order valence-corrected chi connectivity index (χ2v) is 8.01. The highest BCUT2D eigenvalue weighted by Crippen LogP contribution is 2.26. The average molecular weight is 497 g/mol. The van der Waals surface area contributed by atoms with E-state index in [1.165, 1.54) is 36.5 Å². The van der Waals surface area contributed by atoms with Crippen LogP contribution in [0.15, 0.2) is 54.7 Å². The molecule has 11 heteroatoms. The van der Waals surface area contributed by atoms with Gasteiger partial charge in [0.25, 0.3) is 0 Å². The zero-order chi connectivity index (χ0) is 24.0. The molecule has 1 aromatic carbocycles. The number of halogens is 4. The van der Waals surface area contributed by atoms with Crippen molar-refractivity contribution < 1.29 is 23.5 Å². The highest BCUT2D eigenvalue weighted by atomic mass is 35.5. The molecule has 0 fully saturated rings. The molecule has 3 aromatic rings. The quantitative estimate of drug-likeness (QED) is 0.268. The van der Waals surface area contributed by atoms with Gasteiger partial charge in [0.2, 0.25) is 5.91 Å². The number of hydrogen-bond donors (Lipinski definition) is 4. The van der Waals surface area contributed by atoms with E-state index in [4.69, 9.17) is 28.9 Å². The number of carbonyl (C=O) groups excluding carboxylic acids is 1. The fourth-order valence-electron chi connectivity index (χ4n) is 3.10. The third-order valence-corrected chi connectivity index (χ3v) is 5.45. The third kappa shape index (κ3) is 6.28.